The molecule has 1 aromatic heterocycles. The number of hydrogen-bond donors (Lipinski definition) is 1. The monoisotopic (exact) mass is 198 g/mol. The van der Waals surface area contributed by atoms with Crippen molar-refractivity contribution < 1.29 is 19.1 Å². The summed E-state index contributed by atoms with van der Waals surface area (Å²) in [5.74, 6) is -1.22. The third-order valence-corrected chi connectivity index (χ3v) is 1.64. The summed E-state index contributed by atoms with van der Waals surface area (Å²) in [7, 11) is 2.48. The van der Waals surface area contributed by atoms with Gasteiger partial charge in [-0.25, -0.2) is 14.6 Å². The number of esters is 2. The van der Waals surface area contributed by atoms with Gasteiger partial charge in [-0.3, -0.25) is 0 Å². The Morgan fingerprint density at radius 1 is 1.21 bits per heavy atom. The molecule has 6 nitrogen and oxygen atoms in total. The van der Waals surface area contributed by atoms with Gasteiger partial charge < -0.3 is 14.5 Å². The summed E-state index contributed by atoms with van der Waals surface area (Å²) < 4.78 is 8.90. The highest BCUT2D eigenvalue weighted by molar-refractivity contribution is 5.92. The molecule has 6 heteroatoms. The lowest BCUT2D eigenvalue weighted by Crippen LogP contribution is -2.06. The molecule has 14 heavy (non-hydrogen) atoms. The Labute approximate surface area is 80.2 Å². The van der Waals surface area contributed by atoms with E-state index in [1.54, 1.807) is 6.92 Å². The number of nitrogens with one attached hydrogen (secondary N) is 1. The molecular formula is C8H10N2O4. The van der Waals surface area contributed by atoms with Gasteiger partial charge in [-0.05, 0) is 6.92 Å². The van der Waals surface area contributed by atoms with Crippen LogP contribution in [0.25, 0.3) is 0 Å². The van der Waals surface area contributed by atoms with Crippen molar-refractivity contribution in [1.82, 2.24) is 9.97 Å². The van der Waals surface area contributed by atoms with E-state index in [-0.39, 0.29) is 11.5 Å². The molecule has 0 aliphatic carbocycles. The van der Waals surface area contributed by atoms with E-state index in [1.807, 2.05) is 0 Å². The van der Waals surface area contributed by atoms with E-state index in [1.165, 1.54) is 14.2 Å². The zero-order valence-electron chi connectivity index (χ0n) is 8.08. The van der Waals surface area contributed by atoms with Crippen molar-refractivity contribution in [3.63, 3.8) is 0 Å². The van der Waals surface area contributed by atoms with Gasteiger partial charge in [0.15, 0.2) is 5.69 Å². The van der Waals surface area contributed by atoms with Crippen LogP contribution in [0.3, 0.4) is 0 Å². The van der Waals surface area contributed by atoms with Crippen LogP contribution in [0.4, 0.5) is 0 Å². The first kappa shape index (κ1) is 10.2. The predicted molar refractivity (Wildman–Crippen MR) is 46.0 cm³/mol. The third-order valence-electron chi connectivity index (χ3n) is 1.64. The number of aromatic nitrogens is 2. The largest absolute Gasteiger partial charge is 0.464 e. The summed E-state index contributed by atoms with van der Waals surface area (Å²) >= 11 is 0. The number of carbonyl (C=O) groups excluding carboxylic acids is 2. The Balaban J connectivity index is 3.05. The molecule has 0 atom stereocenters. The van der Waals surface area contributed by atoms with Crippen molar-refractivity contribution in [3.8, 4) is 0 Å². The van der Waals surface area contributed by atoms with Gasteiger partial charge in [0.05, 0.1) is 14.2 Å². The molecule has 1 heterocycles. The fourth-order valence-electron chi connectivity index (χ4n) is 0.949. The van der Waals surface area contributed by atoms with Crippen LogP contribution >= 0.6 is 0 Å². The van der Waals surface area contributed by atoms with Crippen LogP contribution in [-0.4, -0.2) is 36.1 Å². The van der Waals surface area contributed by atoms with Crippen molar-refractivity contribution in [3.05, 3.63) is 17.2 Å². The Kier molecular flexibility index (Phi) is 2.85. The van der Waals surface area contributed by atoms with Crippen LogP contribution in [-0.2, 0) is 9.47 Å². The molecule has 0 saturated heterocycles. The van der Waals surface area contributed by atoms with Crippen molar-refractivity contribution >= 4 is 11.9 Å². The molecule has 1 N–H and O–H groups in total. The smallest absolute Gasteiger partial charge is 0.374 e. The zero-order valence-corrected chi connectivity index (χ0v) is 8.08. The fourth-order valence-corrected chi connectivity index (χ4v) is 0.949. The average Bonchev–Trinajstić information content (AvgIpc) is 2.58. The van der Waals surface area contributed by atoms with E-state index in [9.17, 15) is 9.59 Å². The molecule has 0 fully saturated rings. The summed E-state index contributed by atoms with van der Waals surface area (Å²) in [6.45, 7) is 1.62. The van der Waals surface area contributed by atoms with Crippen LogP contribution in [0.5, 0.6) is 0 Å². The minimum Gasteiger partial charge on any atom is -0.464 e. The van der Waals surface area contributed by atoms with Gasteiger partial charge in [0.1, 0.15) is 0 Å². The maximum atomic E-state index is 11.1. The number of methoxy groups -OCH3 is 2. The zero-order chi connectivity index (χ0) is 10.7. The number of ether oxygens (including phenoxy) is 2. The molecule has 0 aliphatic heterocycles. The number of rotatable bonds is 2. The second kappa shape index (κ2) is 3.91. The molecule has 0 aliphatic rings. The Bertz CT molecular complexity index is 369. The first-order chi connectivity index (χ1) is 6.60. The molecule has 0 spiro atoms. The second-order valence-corrected chi connectivity index (χ2v) is 2.54. The van der Waals surface area contributed by atoms with Gasteiger partial charge >= 0.3 is 11.9 Å². The molecule has 0 bridgehead atoms. The minimum atomic E-state index is -0.622. The van der Waals surface area contributed by atoms with Gasteiger partial charge in [-0.1, -0.05) is 0 Å². The van der Waals surface area contributed by atoms with Crippen LogP contribution in [0.1, 0.15) is 26.8 Å². The standard InChI is InChI=1S/C8H10N2O4/c1-4-5(7(11)13-2)10-6(9-4)8(12)14-3/h1-3H3,(H,9,10). The Hall–Kier alpha value is -1.85. The van der Waals surface area contributed by atoms with E-state index in [2.05, 4.69) is 19.4 Å². The highest BCUT2D eigenvalue weighted by Crippen LogP contribution is 2.06. The molecule has 0 unspecified atom stereocenters. The highest BCUT2D eigenvalue weighted by atomic mass is 16.5. The number of aromatic amines is 1. The minimum absolute atomic E-state index is 0.00889. The first-order valence-corrected chi connectivity index (χ1v) is 3.83. The summed E-state index contributed by atoms with van der Waals surface area (Å²) in [5, 5.41) is 0. The molecule has 0 radical (unpaired) electrons. The van der Waals surface area contributed by atoms with Crippen molar-refractivity contribution in [1.29, 1.82) is 0 Å². The van der Waals surface area contributed by atoms with E-state index >= 15 is 0 Å². The lowest BCUT2D eigenvalue weighted by Gasteiger charge is -1.93. The number of nitrogens with zero attached hydrogens (tertiary/aromatic N) is 1. The Morgan fingerprint density at radius 3 is 2.29 bits per heavy atom. The van der Waals surface area contributed by atoms with E-state index in [0.717, 1.165) is 0 Å². The first-order valence-electron chi connectivity index (χ1n) is 3.83. The molecule has 0 amide bonds. The highest BCUT2D eigenvalue weighted by Gasteiger charge is 2.18. The van der Waals surface area contributed by atoms with Crippen LogP contribution in [0.15, 0.2) is 0 Å². The average molecular weight is 198 g/mol. The summed E-state index contributed by atoms with van der Waals surface area (Å²) in [6.07, 6.45) is 0. The maximum absolute atomic E-state index is 11.1. The van der Waals surface area contributed by atoms with Crippen molar-refractivity contribution in [2.45, 2.75) is 6.92 Å². The topological polar surface area (TPSA) is 81.3 Å². The van der Waals surface area contributed by atoms with E-state index in [4.69, 9.17) is 0 Å². The van der Waals surface area contributed by atoms with Gasteiger partial charge in [0.25, 0.3) is 0 Å². The van der Waals surface area contributed by atoms with Crippen molar-refractivity contribution in [2.75, 3.05) is 14.2 Å². The molecular weight excluding hydrogens is 188 g/mol. The SMILES string of the molecule is COC(=O)c1nc(C(=O)OC)c(C)[nH]1. The lowest BCUT2D eigenvalue weighted by molar-refractivity contribution is 0.0586. The predicted octanol–water partition coefficient (Wildman–Crippen LogP) is 0.291. The summed E-state index contributed by atoms with van der Waals surface area (Å²) in [4.78, 5) is 28.5. The second-order valence-electron chi connectivity index (χ2n) is 2.54. The molecule has 1 rings (SSSR count). The number of hydrogen-bond acceptors (Lipinski definition) is 5. The van der Waals surface area contributed by atoms with Gasteiger partial charge in [-0.2, -0.15) is 0 Å². The van der Waals surface area contributed by atoms with Crippen LogP contribution in [0.2, 0.25) is 0 Å². The molecule has 76 valence electrons. The third kappa shape index (κ3) is 1.73. The van der Waals surface area contributed by atoms with Gasteiger partial charge in [0, 0.05) is 5.69 Å². The lowest BCUT2D eigenvalue weighted by atomic mass is 10.3. The number of H-pyrrole nitrogens is 1. The molecule has 0 saturated carbocycles. The van der Waals surface area contributed by atoms with Crippen LogP contribution in [0, 0.1) is 6.92 Å². The molecule has 1 aromatic rings. The van der Waals surface area contributed by atoms with E-state index in [0.29, 0.717) is 5.69 Å². The van der Waals surface area contributed by atoms with Crippen LogP contribution < -0.4 is 0 Å². The number of aryl methyl sites for hydroxylation is 1. The maximum Gasteiger partial charge on any atom is 0.374 e. The van der Waals surface area contributed by atoms with Crippen molar-refractivity contribution in [2.24, 2.45) is 0 Å². The van der Waals surface area contributed by atoms with Gasteiger partial charge in [-0.15, -0.1) is 0 Å². The summed E-state index contributed by atoms with van der Waals surface area (Å²) in [6, 6.07) is 0. The quantitative estimate of drug-likeness (QED) is 0.691. The van der Waals surface area contributed by atoms with Gasteiger partial charge in [0.2, 0.25) is 5.82 Å². The summed E-state index contributed by atoms with van der Waals surface area (Å²) in [5.41, 5.74) is 0.560. The Morgan fingerprint density at radius 2 is 1.79 bits per heavy atom. The fraction of sp³-hybridized carbons (Fsp3) is 0.375. The number of imidazole rings is 1. The normalized spacial score (nSPS) is 9.64. The van der Waals surface area contributed by atoms with E-state index < -0.39 is 11.9 Å². The number of carbonyl (C=O) groups is 2. The molecule has 0 aromatic carbocycles.